The summed E-state index contributed by atoms with van der Waals surface area (Å²) in [5, 5.41) is 12.7. The average Bonchev–Trinajstić information content (AvgIpc) is 2.24. The number of nitrogens with one attached hydrogen (secondary N) is 1. The van der Waals surface area contributed by atoms with Crippen LogP contribution in [-0.4, -0.2) is 34.0 Å². The highest BCUT2D eigenvalue weighted by Crippen LogP contribution is 2.14. The maximum absolute atomic E-state index is 8.66. The Labute approximate surface area is 88.2 Å². The Hall–Kier alpha value is -0.810. The first-order chi connectivity index (χ1) is 6.86. The minimum atomic E-state index is 0.173. The molecule has 0 aliphatic heterocycles. The van der Waals surface area contributed by atoms with Crippen LogP contribution in [-0.2, 0) is 0 Å². The molecule has 0 bridgehead atoms. The number of aliphatic hydroxyl groups excluding tert-OH is 1. The van der Waals surface area contributed by atoms with E-state index < -0.39 is 0 Å². The fraction of sp³-hybridized carbons (Fsp3) is 0.556. The predicted molar refractivity (Wildman–Crippen MR) is 58.6 cm³/mol. The van der Waals surface area contributed by atoms with Gasteiger partial charge >= 0.3 is 0 Å². The molecule has 0 atom stereocenters. The number of anilines is 1. The number of hydrogen-bond acceptors (Lipinski definition) is 5. The minimum absolute atomic E-state index is 0.173. The van der Waals surface area contributed by atoms with Gasteiger partial charge in [0.25, 0.3) is 0 Å². The Morgan fingerprint density at radius 1 is 1.57 bits per heavy atom. The standard InChI is InChI=1S/C9H15N3OS/c1-2-4-10-9-11-5-3-8(12-9)14-7-6-13/h3,5,13H,2,4,6-7H2,1H3,(H,10,11,12). The second-order valence-electron chi connectivity index (χ2n) is 2.72. The number of thioether (sulfide) groups is 1. The Balaban J connectivity index is 2.50. The van der Waals surface area contributed by atoms with Crippen LogP contribution in [0.1, 0.15) is 13.3 Å². The number of rotatable bonds is 6. The van der Waals surface area contributed by atoms with Gasteiger partial charge in [-0.15, -0.1) is 11.8 Å². The molecule has 0 aromatic carbocycles. The Morgan fingerprint density at radius 3 is 3.14 bits per heavy atom. The molecule has 2 N–H and O–H groups in total. The van der Waals surface area contributed by atoms with Crippen molar-refractivity contribution in [1.82, 2.24) is 9.97 Å². The first-order valence-electron chi connectivity index (χ1n) is 4.67. The molecule has 0 aliphatic carbocycles. The summed E-state index contributed by atoms with van der Waals surface area (Å²) in [7, 11) is 0. The van der Waals surface area contributed by atoms with Crippen LogP contribution in [0.25, 0.3) is 0 Å². The molecule has 0 radical (unpaired) electrons. The number of hydrogen-bond donors (Lipinski definition) is 2. The lowest BCUT2D eigenvalue weighted by Crippen LogP contribution is -2.04. The highest BCUT2D eigenvalue weighted by atomic mass is 32.2. The summed E-state index contributed by atoms with van der Waals surface area (Å²) in [6, 6.07) is 1.84. The number of aromatic nitrogens is 2. The maximum Gasteiger partial charge on any atom is 0.223 e. The zero-order valence-electron chi connectivity index (χ0n) is 8.23. The lowest BCUT2D eigenvalue weighted by Gasteiger charge is -2.03. The van der Waals surface area contributed by atoms with Gasteiger partial charge < -0.3 is 10.4 Å². The van der Waals surface area contributed by atoms with E-state index in [1.165, 1.54) is 11.8 Å². The van der Waals surface area contributed by atoms with E-state index in [2.05, 4.69) is 22.2 Å². The summed E-state index contributed by atoms with van der Waals surface area (Å²) in [4.78, 5) is 8.36. The molecule has 0 unspecified atom stereocenters. The van der Waals surface area contributed by atoms with Gasteiger partial charge in [0.2, 0.25) is 5.95 Å². The number of aliphatic hydroxyl groups is 1. The van der Waals surface area contributed by atoms with Crippen molar-refractivity contribution < 1.29 is 5.11 Å². The molecule has 0 aliphatic rings. The molecule has 1 aromatic heterocycles. The van der Waals surface area contributed by atoms with Crippen LogP contribution in [0.2, 0.25) is 0 Å². The van der Waals surface area contributed by atoms with Crippen molar-refractivity contribution >= 4 is 17.7 Å². The molecule has 78 valence electrons. The highest BCUT2D eigenvalue weighted by molar-refractivity contribution is 7.99. The van der Waals surface area contributed by atoms with Crippen molar-refractivity contribution in [2.24, 2.45) is 0 Å². The van der Waals surface area contributed by atoms with Gasteiger partial charge in [0, 0.05) is 18.5 Å². The van der Waals surface area contributed by atoms with Crippen LogP contribution in [0.3, 0.4) is 0 Å². The SMILES string of the molecule is CCCNc1nccc(SCCO)n1. The van der Waals surface area contributed by atoms with Gasteiger partial charge in [-0.25, -0.2) is 9.97 Å². The van der Waals surface area contributed by atoms with Gasteiger partial charge in [-0.2, -0.15) is 0 Å². The molecule has 0 saturated carbocycles. The summed E-state index contributed by atoms with van der Waals surface area (Å²) in [6.45, 7) is 3.15. The van der Waals surface area contributed by atoms with E-state index in [9.17, 15) is 0 Å². The van der Waals surface area contributed by atoms with Gasteiger partial charge in [0.05, 0.1) is 6.61 Å². The summed E-state index contributed by atoms with van der Waals surface area (Å²) in [5.74, 6) is 1.33. The van der Waals surface area contributed by atoms with E-state index in [0.29, 0.717) is 11.7 Å². The summed E-state index contributed by atoms with van der Waals surface area (Å²) in [5.41, 5.74) is 0. The Morgan fingerprint density at radius 2 is 2.43 bits per heavy atom. The van der Waals surface area contributed by atoms with Crippen LogP contribution in [0.5, 0.6) is 0 Å². The van der Waals surface area contributed by atoms with Crippen molar-refractivity contribution in [3.8, 4) is 0 Å². The van der Waals surface area contributed by atoms with Crippen molar-refractivity contribution in [1.29, 1.82) is 0 Å². The molecule has 4 nitrogen and oxygen atoms in total. The smallest absolute Gasteiger partial charge is 0.223 e. The van der Waals surface area contributed by atoms with Crippen LogP contribution in [0, 0.1) is 0 Å². The van der Waals surface area contributed by atoms with Crippen LogP contribution in [0.15, 0.2) is 17.3 Å². The van der Waals surface area contributed by atoms with E-state index in [1.807, 2.05) is 6.07 Å². The molecule has 0 saturated heterocycles. The average molecular weight is 213 g/mol. The Kier molecular flexibility index (Phi) is 5.32. The van der Waals surface area contributed by atoms with E-state index in [4.69, 9.17) is 5.11 Å². The van der Waals surface area contributed by atoms with Gasteiger partial charge in [0.1, 0.15) is 5.03 Å². The lowest BCUT2D eigenvalue weighted by atomic mass is 10.5. The Bertz CT molecular complexity index is 247. The normalized spacial score (nSPS) is 10.1. The molecular weight excluding hydrogens is 198 g/mol. The molecule has 1 aromatic rings. The molecule has 0 spiro atoms. The quantitative estimate of drug-likeness (QED) is 0.552. The van der Waals surface area contributed by atoms with Crippen LogP contribution in [0.4, 0.5) is 5.95 Å². The monoisotopic (exact) mass is 213 g/mol. The van der Waals surface area contributed by atoms with Crippen molar-refractivity contribution in [2.75, 3.05) is 24.2 Å². The summed E-state index contributed by atoms with van der Waals surface area (Å²) in [6.07, 6.45) is 2.78. The van der Waals surface area contributed by atoms with E-state index >= 15 is 0 Å². The van der Waals surface area contributed by atoms with E-state index in [-0.39, 0.29) is 6.61 Å². The zero-order chi connectivity index (χ0) is 10.2. The van der Waals surface area contributed by atoms with Gasteiger partial charge in [-0.1, -0.05) is 6.92 Å². The molecule has 0 fully saturated rings. The van der Waals surface area contributed by atoms with Crippen molar-refractivity contribution in [3.05, 3.63) is 12.3 Å². The third-order valence-electron chi connectivity index (χ3n) is 1.50. The maximum atomic E-state index is 8.66. The van der Waals surface area contributed by atoms with Crippen LogP contribution >= 0.6 is 11.8 Å². The largest absolute Gasteiger partial charge is 0.396 e. The second kappa shape index (κ2) is 6.62. The summed E-state index contributed by atoms with van der Waals surface area (Å²) >= 11 is 1.53. The molecule has 14 heavy (non-hydrogen) atoms. The topological polar surface area (TPSA) is 58.0 Å². The fourth-order valence-corrected chi connectivity index (χ4v) is 1.50. The molecule has 1 heterocycles. The molecule has 1 rings (SSSR count). The molecule has 5 heteroatoms. The number of nitrogens with zero attached hydrogens (tertiary/aromatic N) is 2. The van der Waals surface area contributed by atoms with E-state index in [1.54, 1.807) is 6.20 Å². The first-order valence-corrected chi connectivity index (χ1v) is 5.66. The molecular formula is C9H15N3OS. The van der Waals surface area contributed by atoms with Crippen molar-refractivity contribution in [2.45, 2.75) is 18.4 Å². The minimum Gasteiger partial charge on any atom is -0.396 e. The van der Waals surface area contributed by atoms with E-state index in [0.717, 1.165) is 18.0 Å². The first kappa shape index (κ1) is 11.3. The summed E-state index contributed by atoms with van der Waals surface area (Å²) < 4.78 is 0. The zero-order valence-corrected chi connectivity index (χ0v) is 9.05. The van der Waals surface area contributed by atoms with Crippen LogP contribution < -0.4 is 5.32 Å². The lowest BCUT2D eigenvalue weighted by molar-refractivity contribution is 0.322. The molecule has 0 amide bonds. The third kappa shape index (κ3) is 3.93. The highest BCUT2D eigenvalue weighted by Gasteiger charge is 1.98. The fourth-order valence-electron chi connectivity index (χ4n) is 0.895. The third-order valence-corrected chi connectivity index (χ3v) is 2.41. The van der Waals surface area contributed by atoms with Gasteiger partial charge in [-0.05, 0) is 12.5 Å². The van der Waals surface area contributed by atoms with Crippen molar-refractivity contribution in [3.63, 3.8) is 0 Å². The van der Waals surface area contributed by atoms with Gasteiger partial charge in [-0.3, -0.25) is 0 Å². The van der Waals surface area contributed by atoms with Gasteiger partial charge in [0.15, 0.2) is 0 Å². The predicted octanol–water partition coefficient (Wildman–Crippen LogP) is 1.38. The second-order valence-corrected chi connectivity index (χ2v) is 3.83.